The summed E-state index contributed by atoms with van der Waals surface area (Å²) in [5.41, 5.74) is 1.16. The molecule has 9 heteroatoms. The van der Waals surface area contributed by atoms with Crippen LogP contribution in [0.25, 0.3) is 0 Å². The maximum atomic E-state index is 12.3. The molecule has 4 heterocycles. The molecule has 0 radical (unpaired) electrons. The number of carbonyl (C=O) groups is 2. The molecule has 148 valence electrons. The molecular weight excluding hydrogens is 372 g/mol. The first kappa shape index (κ1) is 18.6. The van der Waals surface area contributed by atoms with Crippen molar-refractivity contribution in [3.8, 4) is 0 Å². The zero-order valence-electron chi connectivity index (χ0n) is 15.7. The quantitative estimate of drug-likeness (QED) is 0.699. The van der Waals surface area contributed by atoms with Gasteiger partial charge in [0, 0.05) is 45.1 Å². The maximum Gasteiger partial charge on any atom is 0.289 e. The first-order chi connectivity index (χ1) is 14.2. The van der Waals surface area contributed by atoms with E-state index >= 15 is 0 Å². The van der Waals surface area contributed by atoms with E-state index in [0.717, 1.165) is 5.56 Å². The minimum absolute atomic E-state index is 0.110. The highest BCUT2D eigenvalue weighted by atomic mass is 16.3. The van der Waals surface area contributed by atoms with E-state index in [2.05, 4.69) is 20.5 Å². The Bertz CT molecular complexity index is 952. The van der Waals surface area contributed by atoms with E-state index in [1.165, 1.54) is 6.26 Å². The van der Waals surface area contributed by atoms with Crippen LogP contribution in [0.5, 0.6) is 0 Å². The topological polar surface area (TPSA) is 104 Å². The number of pyridine rings is 1. The van der Waals surface area contributed by atoms with Crippen molar-refractivity contribution < 1.29 is 14.0 Å². The zero-order valence-corrected chi connectivity index (χ0v) is 15.7. The van der Waals surface area contributed by atoms with Crippen molar-refractivity contribution in [3.05, 3.63) is 72.1 Å². The molecule has 0 aromatic carbocycles. The van der Waals surface area contributed by atoms with Crippen molar-refractivity contribution in [1.29, 1.82) is 0 Å². The Balaban J connectivity index is 1.30. The van der Waals surface area contributed by atoms with Crippen molar-refractivity contribution in [2.24, 2.45) is 0 Å². The molecule has 1 fully saturated rings. The molecule has 2 amide bonds. The second-order valence-electron chi connectivity index (χ2n) is 6.58. The van der Waals surface area contributed by atoms with Crippen molar-refractivity contribution in [3.63, 3.8) is 0 Å². The van der Waals surface area contributed by atoms with Gasteiger partial charge in [-0.25, -0.2) is 0 Å². The predicted octanol–water partition coefficient (Wildman–Crippen LogP) is 1.36. The molecule has 1 N–H and O–H groups in total. The third-order valence-corrected chi connectivity index (χ3v) is 4.68. The van der Waals surface area contributed by atoms with Crippen LogP contribution in [0.2, 0.25) is 0 Å². The summed E-state index contributed by atoms with van der Waals surface area (Å²) in [7, 11) is 0. The number of nitrogens with one attached hydrogen (secondary N) is 1. The Morgan fingerprint density at radius 3 is 2.55 bits per heavy atom. The summed E-state index contributed by atoms with van der Waals surface area (Å²) in [5.74, 6) is 0.627. The second-order valence-corrected chi connectivity index (χ2v) is 6.58. The first-order valence-corrected chi connectivity index (χ1v) is 9.29. The first-order valence-electron chi connectivity index (χ1n) is 9.29. The van der Waals surface area contributed by atoms with Crippen LogP contribution in [0.3, 0.4) is 0 Å². The fourth-order valence-electron chi connectivity index (χ4n) is 3.09. The molecule has 0 aliphatic carbocycles. The number of piperazine rings is 1. The smallest absolute Gasteiger partial charge is 0.289 e. The molecule has 9 nitrogen and oxygen atoms in total. The fourth-order valence-corrected chi connectivity index (χ4v) is 3.09. The third kappa shape index (κ3) is 4.40. The lowest BCUT2D eigenvalue weighted by Gasteiger charge is -2.34. The van der Waals surface area contributed by atoms with Crippen molar-refractivity contribution >= 4 is 17.6 Å². The number of hydrogen-bond acceptors (Lipinski definition) is 7. The van der Waals surface area contributed by atoms with Crippen LogP contribution in [0.4, 0.5) is 5.82 Å². The summed E-state index contributed by atoms with van der Waals surface area (Å²) < 4.78 is 5.18. The Labute approximate surface area is 167 Å². The van der Waals surface area contributed by atoms with Gasteiger partial charge in [-0.15, -0.1) is 10.2 Å². The van der Waals surface area contributed by atoms with E-state index in [-0.39, 0.29) is 17.5 Å². The van der Waals surface area contributed by atoms with Gasteiger partial charge in [-0.05, 0) is 35.9 Å². The van der Waals surface area contributed by atoms with Crippen LogP contribution in [0, 0.1) is 0 Å². The molecule has 0 bridgehead atoms. The standard InChI is InChI=1S/C20H20N6O3/c27-19(22-14-15-3-1-7-21-13-15)16-5-6-18(24-23-16)25-8-10-26(11-9-25)20(28)17-4-2-12-29-17/h1-7,12-13H,8-11,14H2,(H,22,27). The van der Waals surface area contributed by atoms with Gasteiger partial charge in [0.15, 0.2) is 17.3 Å². The van der Waals surface area contributed by atoms with Gasteiger partial charge in [-0.1, -0.05) is 6.07 Å². The second kappa shape index (κ2) is 8.51. The number of rotatable bonds is 5. The summed E-state index contributed by atoms with van der Waals surface area (Å²) in [6.07, 6.45) is 4.88. The monoisotopic (exact) mass is 392 g/mol. The molecule has 0 unspecified atom stereocenters. The molecule has 0 saturated carbocycles. The molecule has 3 aromatic heterocycles. The van der Waals surface area contributed by atoms with Crippen LogP contribution in [0.15, 0.2) is 59.5 Å². The normalized spacial score (nSPS) is 13.9. The molecular formula is C20H20N6O3. The molecule has 1 saturated heterocycles. The number of furan rings is 1. The minimum Gasteiger partial charge on any atom is -0.459 e. The van der Waals surface area contributed by atoms with E-state index in [1.54, 1.807) is 41.6 Å². The lowest BCUT2D eigenvalue weighted by molar-refractivity contribution is 0.0714. The molecule has 0 atom stereocenters. The molecule has 29 heavy (non-hydrogen) atoms. The Morgan fingerprint density at radius 1 is 1.03 bits per heavy atom. The molecule has 1 aliphatic heterocycles. The Kier molecular flexibility index (Phi) is 5.46. The van der Waals surface area contributed by atoms with Gasteiger partial charge in [0.05, 0.1) is 6.26 Å². The van der Waals surface area contributed by atoms with Crippen molar-refractivity contribution in [1.82, 2.24) is 25.4 Å². The van der Waals surface area contributed by atoms with Crippen LogP contribution >= 0.6 is 0 Å². The minimum atomic E-state index is -0.290. The Hall–Kier alpha value is -3.75. The number of aromatic nitrogens is 3. The SMILES string of the molecule is O=C(NCc1cccnc1)c1ccc(N2CCN(C(=O)c3ccco3)CC2)nn1. The number of anilines is 1. The summed E-state index contributed by atoms with van der Waals surface area (Å²) >= 11 is 0. The van der Waals surface area contributed by atoms with Gasteiger partial charge in [-0.3, -0.25) is 14.6 Å². The van der Waals surface area contributed by atoms with Crippen LogP contribution < -0.4 is 10.2 Å². The van der Waals surface area contributed by atoms with Crippen molar-refractivity contribution in [2.45, 2.75) is 6.54 Å². The number of carbonyl (C=O) groups excluding carboxylic acids is 2. The largest absolute Gasteiger partial charge is 0.459 e. The summed E-state index contributed by atoms with van der Waals surface area (Å²) in [6, 6.07) is 10.5. The van der Waals surface area contributed by atoms with Gasteiger partial charge < -0.3 is 19.5 Å². The summed E-state index contributed by atoms with van der Waals surface area (Å²) in [4.78, 5) is 32.4. The van der Waals surface area contributed by atoms with E-state index < -0.39 is 0 Å². The van der Waals surface area contributed by atoms with Gasteiger partial charge in [0.2, 0.25) is 0 Å². The van der Waals surface area contributed by atoms with Gasteiger partial charge >= 0.3 is 0 Å². The van der Waals surface area contributed by atoms with Crippen LogP contribution in [0.1, 0.15) is 26.6 Å². The van der Waals surface area contributed by atoms with E-state index in [1.807, 2.05) is 17.0 Å². The predicted molar refractivity (Wildman–Crippen MR) is 104 cm³/mol. The molecule has 1 aliphatic rings. The summed E-state index contributed by atoms with van der Waals surface area (Å²) in [6.45, 7) is 2.77. The zero-order chi connectivity index (χ0) is 20.1. The average molecular weight is 392 g/mol. The number of amides is 2. The van der Waals surface area contributed by atoms with Gasteiger partial charge in [0.25, 0.3) is 11.8 Å². The average Bonchev–Trinajstić information content (AvgIpc) is 3.33. The van der Waals surface area contributed by atoms with Crippen LogP contribution in [-0.2, 0) is 6.54 Å². The highest BCUT2D eigenvalue weighted by Gasteiger charge is 2.24. The Morgan fingerprint density at radius 2 is 1.90 bits per heavy atom. The number of nitrogens with zero attached hydrogens (tertiary/aromatic N) is 5. The van der Waals surface area contributed by atoms with Crippen molar-refractivity contribution in [2.75, 3.05) is 31.1 Å². The summed E-state index contributed by atoms with van der Waals surface area (Å²) in [5, 5.41) is 11.0. The lowest BCUT2D eigenvalue weighted by atomic mass is 10.2. The fraction of sp³-hybridized carbons (Fsp3) is 0.250. The maximum absolute atomic E-state index is 12.3. The highest BCUT2D eigenvalue weighted by molar-refractivity contribution is 5.92. The van der Waals surface area contributed by atoms with E-state index in [0.29, 0.717) is 44.3 Å². The lowest BCUT2D eigenvalue weighted by Crippen LogP contribution is -2.49. The van der Waals surface area contributed by atoms with E-state index in [9.17, 15) is 9.59 Å². The molecule has 4 rings (SSSR count). The van der Waals surface area contributed by atoms with Gasteiger partial charge in [-0.2, -0.15) is 0 Å². The molecule has 0 spiro atoms. The number of hydrogen-bond donors (Lipinski definition) is 1. The molecule has 3 aromatic rings. The van der Waals surface area contributed by atoms with E-state index in [4.69, 9.17) is 4.42 Å². The van der Waals surface area contributed by atoms with Crippen LogP contribution in [-0.4, -0.2) is 58.1 Å². The highest BCUT2D eigenvalue weighted by Crippen LogP contribution is 2.15. The van der Waals surface area contributed by atoms with Gasteiger partial charge in [0.1, 0.15) is 0 Å². The third-order valence-electron chi connectivity index (χ3n) is 4.68.